The van der Waals surface area contributed by atoms with Gasteiger partial charge in [0.25, 0.3) is 0 Å². The fraction of sp³-hybridized carbons (Fsp3) is 0.545. The lowest BCUT2D eigenvalue weighted by Crippen LogP contribution is -2.23. The van der Waals surface area contributed by atoms with Gasteiger partial charge in [0.1, 0.15) is 17.3 Å². The Bertz CT molecular complexity index is 421. The first-order chi connectivity index (χ1) is 7.60. The van der Waals surface area contributed by atoms with Gasteiger partial charge in [-0.3, -0.25) is 4.79 Å². The molecule has 1 aromatic heterocycles. The van der Waals surface area contributed by atoms with Crippen LogP contribution in [0.25, 0.3) is 0 Å². The number of carbonyl (C=O) groups is 1. The average Bonchev–Trinajstić information content (AvgIpc) is 2.15. The lowest BCUT2D eigenvalue weighted by atomic mass is 9.89. The highest BCUT2D eigenvalue weighted by Crippen LogP contribution is 2.27. The average molecular weight is 246 g/mol. The number of halogens is 3. The van der Waals surface area contributed by atoms with Crippen molar-refractivity contribution in [3.63, 3.8) is 0 Å². The summed E-state index contributed by atoms with van der Waals surface area (Å²) in [6.07, 6.45) is -3.68. The molecule has 0 saturated carbocycles. The molecular weight excluding hydrogens is 233 g/mol. The van der Waals surface area contributed by atoms with Crippen LogP contribution in [-0.4, -0.2) is 15.8 Å². The molecule has 0 atom stereocenters. The van der Waals surface area contributed by atoms with E-state index in [2.05, 4.69) is 9.97 Å². The number of nitrogens with zero attached hydrogens (tertiary/aromatic N) is 2. The second-order valence-corrected chi connectivity index (χ2v) is 4.71. The van der Waals surface area contributed by atoms with E-state index in [1.807, 2.05) is 0 Å². The van der Waals surface area contributed by atoms with Gasteiger partial charge in [-0.2, -0.15) is 13.2 Å². The molecule has 17 heavy (non-hydrogen) atoms. The first-order valence-electron chi connectivity index (χ1n) is 5.03. The van der Waals surface area contributed by atoms with E-state index in [0.717, 1.165) is 12.3 Å². The van der Waals surface area contributed by atoms with Crippen molar-refractivity contribution >= 4 is 5.78 Å². The van der Waals surface area contributed by atoms with Crippen molar-refractivity contribution in [2.24, 2.45) is 5.41 Å². The third-order valence-electron chi connectivity index (χ3n) is 2.15. The molecule has 1 heterocycles. The highest BCUT2D eigenvalue weighted by molar-refractivity contribution is 5.85. The van der Waals surface area contributed by atoms with Gasteiger partial charge in [0, 0.05) is 11.6 Å². The van der Waals surface area contributed by atoms with Gasteiger partial charge in [0.15, 0.2) is 0 Å². The van der Waals surface area contributed by atoms with Crippen molar-refractivity contribution in [2.75, 3.05) is 0 Å². The third-order valence-corrected chi connectivity index (χ3v) is 2.15. The third kappa shape index (κ3) is 3.80. The molecule has 0 bridgehead atoms. The first kappa shape index (κ1) is 13.6. The molecule has 0 aliphatic heterocycles. The number of rotatable bonds is 2. The van der Waals surface area contributed by atoms with Gasteiger partial charge >= 0.3 is 6.18 Å². The van der Waals surface area contributed by atoms with E-state index in [-0.39, 0.29) is 18.0 Å². The Morgan fingerprint density at radius 3 is 2.35 bits per heavy atom. The standard InChI is InChI=1S/C11H13F3N2O/c1-10(2,3)8(17)6-9-15-5-4-7(16-9)11(12,13)14/h4-5H,6H2,1-3H3. The summed E-state index contributed by atoms with van der Waals surface area (Å²) >= 11 is 0. The van der Waals surface area contributed by atoms with Crippen LogP contribution in [-0.2, 0) is 17.4 Å². The van der Waals surface area contributed by atoms with Crippen molar-refractivity contribution in [1.82, 2.24) is 9.97 Å². The normalized spacial score (nSPS) is 12.6. The molecule has 0 spiro atoms. The Morgan fingerprint density at radius 2 is 1.88 bits per heavy atom. The molecule has 94 valence electrons. The number of carbonyl (C=O) groups excluding carboxylic acids is 1. The van der Waals surface area contributed by atoms with Gasteiger partial charge in [-0.15, -0.1) is 0 Å². The maximum absolute atomic E-state index is 12.4. The molecule has 0 aliphatic carbocycles. The molecule has 1 aromatic rings. The summed E-state index contributed by atoms with van der Waals surface area (Å²) in [5.74, 6) is -0.295. The van der Waals surface area contributed by atoms with Gasteiger partial charge in [0.05, 0.1) is 6.42 Å². The smallest absolute Gasteiger partial charge is 0.299 e. The molecule has 0 radical (unpaired) electrons. The zero-order valence-electron chi connectivity index (χ0n) is 9.80. The van der Waals surface area contributed by atoms with Crippen LogP contribution in [0.15, 0.2) is 12.3 Å². The van der Waals surface area contributed by atoms with E-state index < -0.39 is 17.3 Å². The molecule has 1 rings (SSSR count). The van der Waals surface area contributed by atoms with Gasteiger partial charge in [-0.1, -0.05) is 20.8 Å². The fourth-order valence-electron chi connectivity index (χ4n) is 1.05. The predicted molar refractivity (Wildman–Crippen MR) is 55.2 cm³/mol. The van der Waals surface area contributed by atoms with E-state index in [1.165, 1.54) is 0 Å². The maximum Gasteiger partial charge on any atom is 0.433 e. The van der Waals surface area contributed by atoms with E-state index in [0.29, 0.717) is 0 Å². The number of Topliss-reactive ketones (excluding diaryl/α,β-unsaturated/α-hetero) is 1. The Labute approximate surface area is 97.1 Å². The van der Waals surface area contributed by atoms with Crippen LogP contribution in [0.1, 0.15) is 32.3 Å². The molecule has 0 fully saturated rings. The topological polar surface area (TPSA) is 42.9 Å². The van der Waals surface area contributed by atoms with Crippen LogP contribution in [0.2, 0.25) is 0 Å². The Kier molecular flexibility index (Phi) is 3.54. The summed E-state index contributed by atoms with van der Waals surface area (Å²) in [5, 5.41) is 0. The summed E-state index contributed by atoms with van der Waals surface area (Å²) in [4.78, 5) is 18.6. The summed E-state index contributed by atoms with van der Waals surface area (Å²) in [7, 11) is 0. The maximum atomic E-state index is 12.4. The minimum atomic E-state index is -4.51. The van der Waals surface area contributed by atoms with Crippen molar-refractivity contribution in [3.05, 3.63) is 23.8 Å². The molecule has 0 aliphatic rings. The summed E-state index contributed by atoms with van der Waals surface area (Å²) < 4.78 is 37.1. The Balaban J connectivity index is 2.91. The SMILES string of the molecule is CC(C)(C)C(=O)Cc1nccc(C(F)(F)F)n1. The number of hydrogen-bond acceptors (Lipinski definition) is 3. The zero-order chi connectivity index (χ0) is 13.3. The monoisotopic (exact) mass is 246 g/mol. The van der Waals surface area contributed by atoms with Gasteiger partial charge in [-0.05, 0) is 6.07 Å². The lowest BCUT2D eigenvalue weighted by molar-refractivity contribution is -0.141. The quantitative estimate of drug-likeness (QED) is 0.805. The van der Waals surface area contributed by atoms with E-state index in [4.69, 9.17) is 0 Å². The summed E-state index contributed by atoms with van der Waals surface area (Å²) in [6, 6.07) is 0.783. The van der Waals surface area contributed by atoms with Crippen LogP contribution in [0.4, 0.5) is 13.2 Å². The number of aromatic nitrogens is 2. The van der Waals surface area contributed by atoms with E-state index in [1.54, 1.807) is 20.8 Å². The van der Waals surface area contributed by atoms with Gasteiger partial charge < -0.3 is 0 Å². The van der Waals surface area contributed by atoms with Crippen molar-refractivity contribution in [3.8, 4) is 0 Å². The number of hydrogen-bond donors (Lipinski definition) is 0. The predicted octanol–water partition coefficient (Wildman–Crippen LogP) is 2.65. The Morgan fingerprint density at radius 1 is 1.29 bits per heavy atom. The second kappa shape index (κ2) is 4.43. The molecule has 0 unspecified atom stereocenters. The zero-order valence-corrected chi connectivity index (χ0v) is 9.80. The minimum absolute atomic E-state index is 0.0975. The number of ketones is 1. The van der Waals surface area contributed by atoms with Crippen LogP contribution in [0, 0.1) is 5.41 Å². The van der Waals surface area contributed by atoms with Gasteiger partial charge in [0.2, 0.25) is 0 Å². The lowest BCUT2D eigenvalue weighted by Gasteiger charge is -2.15. The van der Waals surface area contributed by atoms with E-state index >= 15 is 0 Å². The second-order valence-electron chi connectivity index (χ2n) is 4.71. The minimum Gasteiger partial charge on any atom is -0.299 e. The molecule has 0 amide bonds. The van der Waals surface area contributed by atoms with Gasteiger partial charge in [-0.25, -0.2) is 9.97 Å². The summed E-state index contributed by atoms with van der Waals surface area (Å²) in [6.45, 7) is 5.09. The van der Waals surface area contributed by atoms with Crippen LogP contribution < -0.4 is 0 Å². The van der Waals surface area contributed by atoms with Crippen LogP contribution in [0.3, 0.4) is 0 Å². The molecular formula is C11H13F3N2O. The molecule has 6 heteroatoms. The van der Waals surface area contributed by atoms with Crippen LogP contribution >= 0.6 is 0 Å². The fourth-order valence-corrected chi connectivity index (χ4v) is 1.05. The van der Waals surface area contributed by atoms with Crippen molar-refractivity contribution < 1.29 is 18.0 Å². The first-order valence-corrected chi connectivity index (χ1v) is 5.03. The van der Waals surface area contributed by atoms with Crippen LogP contribution in [0.5, 0.6) is 0 Å². The van der Waals surface area contributed by atoms with E-state index in [9.17, 15) is 18.0 Å². The molecule has 0 aromatic carbocycles. The number of alkyl halides is 3. The summed E-state index contributed by atoms with van der Waals surface area (Å²) in [5.41, 5.74) is -1.64. The molecule has 0 N–H and O–H groups in total. The van der Waals surface area contributed by atoms with Crippen molar-refractivity contribution in [2.45, 2.75) is 33.4 Å². The molecule has 0 saturated heterocycles. The largest absolute Gasteiger partial charge is 0.433 e. The highest BCUT2D eigenvalue weighted by atomic mass is 19.4. The highest BCUT2D eigenvalue weighted by Gasteiger charge is 2.33. The molecule has 3 nitrogen and oxygen atoms in total. The van der Waals surface area contributed by atoms with Crippen molar-refractivity contribution in [1.29, 1.82) is 0 Å². The Hall–Kier alpha value is -1.46.